The zero-order chi connectivity index (χ0) is 13.1. The van der Waals surface area contributed by atoms with Crippen molar-refractivity contribution >= 4 is 18.1 Å². The number of aldehydes is 1. The normalized spacial score (nSPS) is 10.8. The summed E-state index contributed by atoms with van der Waals surface area (Å²) in [6.07, 6.45) is 1.59. The summed E-state index contributed by atoms with van der Waals surface area (Å²) >= 11 is 0. The lowest BCUT2D eigenvalue weighted by molar-refractivity contribution is 0.0636. The van der Waals surface area contributed by atoms with Gasteiger partial charge in [0, 0.05) is 11.9 Å². The van der Waals surface area contributed by atoms with E-state index in [9.17, 15) is 9.59 Å². The molecule has 5 nitrogen and oxygen atoms in total. The van der Waals surface area contributed by atoms with Crippen molar-refractivity contribution in [2.45, 2.75) is 33.3 Å². The van der Waals surface area contributed by atoms with Crippen LogP contribution >= 0.6 is 0 Å². The minimum Gasteiger partial charge on any atom is -0.444 e. The first-order valence-corrected chi connectivity index (χ1v) is 5.24. The largest absolute Gasteiger partial charge is 0.444 e. The molecule has 0 aliphatic heterocycles. The van der Waals surface area contributed by atoms with E-state index in [4.69, 9.17) is 4.74 Å². The number of aryl methyl sites for hydroxylation is 1. The summed E-state index contributed by atoms with van der Waals surface area (Å²) in [7, 11) is 0. The number of amides is 1. The van der Waals surface area contributed by atoms with E-state index in [2.05, 4.69) is 10.3 Å². The molecule has 1 heterocycles. The number of rotatable bonds is 2. The lowest BCUT2D eigenvalue weighted by Crippen LogP contribution is -2.27. The highest BCUT2D eigenvalue weighted by atomic mass is 16.6. The Bertz CT molecular complexity index is 436. The number of ether oxygens (including phenoxy) is 1. The third-order valence-corrected chi connectivity index (χ3v) is 1.94. The van der Waals surface area contributed by atoms with Crippen molar-refractivity contribution in [3.8, 4) is 0 Å². The van der Waals surface area contributed by atoms with Gasteiger partial charge in [0.05, 0.1) is 11.3 Å². The van der Waals surface area contributed by atoms with E-state index < -0.39 is 11.7 Å². The summed E-state index contributed by atoms with van der Waals surface area (Å²) in [6, 6.07) is 1.56. The number of hydrogen-bond donors (Lipinski definition) is 1. The zero-order valence-corrected chi connectivity index (χ0v) is 10.4. The Hall–Kier alpha value is -1.91. The fourth-order valence-corrected chi connectivity index (χ4v) is 1.25. The third kappa shape index (κ3) is 3.86. The molecule has 0 atom stereocenters. The molecular formula is C12H16N2O3. The molecule has 0 saturated carbocycles. The Labute approximate surface area is 100 Å². The number of aromatic nitrogens is 1. The van der Waals surface area contributed by atoms with Crippen LogP contribution in [0.4, 0.5) is 10.5 Å². The first-order chi connectivity index (χ1) is 7.83. The van der Waals surface area contributed by atoms with Gasteiger partial charge in [-0.05, 0) is 33.8 Å². The topological polar surface area (TPSA) is 68.3 Å². The summed E-state index contributed by atoms with van der Waals surface area (Å²) in [4.78, 5) is 26.4. The molecule has 0 aliphatic rings. The van der Waals surface area contributed by atoms with E-state index in [1.54, 1.807) is 33.8 Å². The zero-order valence-electron chi connectivity index (χ0n) is 10.4. The van der Waals surface area contributed by atoms with Gasteiger partial charge >= 0.3 is 6.09 Å². The molecule has 5 heteroatoms. The molecule has 17 heavy (non-hydrogen) atoms. The molecule has 92 valence electrons. The minimum absolute atomic E-state index is 0.360. The quantitative estimate of drug-likeness (QED) is 0.801. The summed E-state index contributed by atoms with van der Waals surface area (Å²) in [5.74, 6) is 0. The molecular weight excluding hydrogens is 220 g/mol. The highest BCUT2D eigenvalue weighted by Gasteiger charge is 2.17. The van der Waals surface area contributed by atoms with E-state index in [1.165, 1.54) is 6.20 Å². The molecule has 0 aliphatic carbocycles. The number of anilines is 1. The average molecular weight is 236 g/mol. The molecule has 1 N–H and O–H groups in total. The predicted molar refractivity (Wildman–Crippen MR) is 64.2 cm³/mol. The summed E-state index contributed by atoms with van der Waals surface area (Å²) in [5.41, 5.74) is 0.752. The Morgan fingerprint density at radius 3 is 2.65 bits per heavy atom. The van der Waals surface area contributed by atoms with E-state index in [1.807, 2.05) is 0 Å². The van der Waals surface area contributed by atoms with Crippen LogP contribution in [0.3, 0.4) is 0 Å². The van der Waals surface area contributed by atoms with Gasteiger partial charge in [-0.3, -0.25) is 15.1 Å². The minimum atomic E-state index is -0.591. The Morgan fingerprint density at radius 2 is 2.12 bits per heavy atom. The molecule has 1 aromatic heterocycles. The van der Waals surface area contributed by atoms with E-state index >= 15 is 0 Å². The van der Waals surface area contributed by atoms with Crippen LogP contribution in [0, 0.1) is 6.92 Å². The summed E-state index contributed by atoms with van der Waals surface area (Å²) in [5, 5.41) is 2.53. The maximum absolute atomic E-state index is 11.5. The molecule has 1 amide bonds. The van der Waals surface area contributed by atoms with Crippen molar-refractivity contribution in [2.75, 3.05) is 5.32 Å². The number of nitrogens with zero attached hydrogens (tertiary/aromatic N) is 1. The SMILES string of the molecule is Cc1nccc(NC(=O)OC(C)(C)C)c1C=O. The highest BCUT2D eigenvalue weighted by Crippen LogP contribution is 2.16. The van der Waals surface area contributed by atoms with Crippen LogP contribution in [0.2, 0.25) is 0 Å². The first-order valence-electron chi connectivity index (χ1n) is 5.24. The molecule has 0 unspecified atom stereocenters. The smallest absolute Gasteiger partial charge is 0.412 e. The molecule has 1 aromatic rings. The average Bonchev–Trinajstić information content (AvgIpc) is 2.14. The van der Waals surface area contributed by atoms with Gasteiger partial charge in [-0.2, -0.15) is 0 Å². The van der Waals surface area contributed by atoms with Gasteiger partial charge in [-0.15, -0.1) is 0 Å². The number of carbonyl (C=O) groups excluding carboxylic acids is 2. The van der Waals surface area contributed by atoms with Gasteiger partial charge in [-0.25, -0.2) is 4.79 Å². The van der Waals surface area contributed by atoms with Crippen LogP contribution in [0.15, 0.2) is 12.3 Å². The van der Waals surface area contributed by atoms with Crippen LogP contribution in [0.5, 0.6) is 0 Å². The molecule has 0 bridgehead atoms. The lowest BCUT2D eigenvalue weighted by Gasteiger charge is -2.20. The molecule has 0 fully saturated rings. The van der Waals surface area contributed by atoms with Gasteiger partial charge in [0.15, 0.2) is 6.29 Å². The Kier molecular flexibility index (Phi) is 3.83. The van der Waals surface area contributed by atoms with Crippen molar-refractivity contribution in [1.29, 1.82) is 0 Å². The van der Waals surface area contributed by atoms with Crippen LogP contribution in [-0.2, 0) is 4.74 Å². The van der Waals surface area contributed by atoms with Gasteiger partial charge in [0.25, 0.3) is 0 Å². The van der Waals surface area contributed by atoms with E-state index in [0.717, 1.165) is 0 Å². The Balaban J connectivity index is 2.85. The van der Waals surface area contributed by atoms with E-state index in [-0.39, 0.29) is 0 Å². The molecule has 1 rings (SSSR count). The molecule has 0 spiro atoms. The van der Waals surface area contributed by atoms with Gasteiger partial charge in [0.2, 0.25) is 0 Å². The fraction of sp³-hybridized carbons (Fsp3) is 0.417. The molecule has 0 saturated heterocycles. The van der Waals surface area contributed by atoms with Gasteiger partial charge in [0.1, 0.15) is 5.60 Å². The van der Waals surface area contributed by atoms with E-state index in [0.29, 0.717) is 23.2 Å². The lowest BCUT2D eigenvalue weighted by atomic mass is 10.2. The third-order valence-electron chi connectivity index (χ3n) is 1.94. The highest BCUT2D eigenvalue weighted by molar-refractivity contribution is 5.93. The molecule has 0 radical (unpaired) electrons. The maximum atomic E-state index is 11.5. The Morgan fingerprint density at radius 1 is 1.47 bits per heavy atom. The standard InChI is InChI=1S/C12H16N2O3/c1-8-9(7-15)10(5-6-13-8)14-11(16)17-12(2,3)4/h5-7H,1-4H3,(H,13,14,16). The maximum Gasteiger partial charge on any atom is 0.412 e. The summed E-state index contributed by atoms with van der Waals surface area (Å²) < 4.78 is 5.09. The fourth-order valence-electron chi connectivity index (χ4n) is 1.25. The van der Waals surface area contributed by atoms with Crippen LogP contribution < -0.4 is 5.32 Å². The summed E-state index contributed by atoms with van der Waals surface area (Å²) in [6.45, 7) is 7.01. The monoisotopic (exact) mass is 236 g/mol. The van der Waals surface area contributed by atoms with Crippen molar-refractivity contribution in [3.05, 3.63) is 23.5 Å². The second-order valence-corrected chi connectivity index (χ2v) is 4.60. The van der Waals surface area contributed by atoms with Gasteiger partial charge < -0.3 is 4.74 Å². The van der Waals surface area contributed by atoms with Crippen LogP contribution in [0.25, 0.3) is 0 Å². The molecule has 0 aromatic carbocycles. The van der Waals surface area contributed by atoms with Crippen molar-refractivity contribution in [1.82, 2.24) is 4.98 Å². The second-order valence-electron chi connectivity index (χ2n) is 4.60. The number of hydrogen-bond acceptors (Lipinski definition) is 4. The predicted octanol–water partition coefficient (Wildman–Crippen LogP) is 2.55. The second kappa shape index (κ2) is 4.95. The first kappa shape index (κ1) is 13.2. The van der Waals surface area contributed by atoms with Crippen LogP contribution in [0.1, 0.15) is 36.8 Å². The van der Waals surface area contributed by atoms with Gasteiger partial charge in [-0.1, -0.05) is 0 Å². The van der Waals surface area contributed by atoms with Crippen molar-refractivity contribution in [2.24, 2.45) is 0 Å². The number of pyridine rings is 1. The van der Waals surface area contributed by atoms with Crippen molar-refractivity contribution < 1.29 is 14.3 Å². The number of nitrogens with one attached hydrogen (secondary N) is 1. The van der Waals surface area contributed by atoms with Crippen LogP contribution in [-0.4, -0.2) is 23.0 Å². The number of carbonyl (C=O) groups is 2. The van der Waals surface area contributed by atoms with Crippen molar-refractivity contribution in [3.63, 3.8) is 0 Å².